The summed E-state index contributed by atoms with van der Waals surface area (Å²) < 4.78 is 5.34. The standard InChI is InChI=1S/C15H22O4/c1-10(15(2,3)4)19-14(18)8-6-11-5-7-12(16)13(17)9-11/h5,7,9-10,16-17H,6,8H2,1-4H3/t10-/m1/s1. The molecular formula is C15H22O4. The van der Waals surface area contributed by atoms with E-state index in [1.807, 2.05) is 27.7 Å². The minimum atomic E-state index is -0.255. The Bertz CT molecular complexity index is 446. The zero-order valence-corrected chi connectivity index (χ0v) is 11.9. The van der Waals surface area contributed by atoms with Crippen LogP contribution in [0.2, 0.25) is 0 Å². The quantitative estimate of drug-likeness (QED) is 0.649. The molecule has 0 aliphatic rings. The van der Waals surface area contributed by atoms with Gasteiger partial charge in [0.2, 0.25) is 0 Å². The minimum absolute atomic E-state index is 0.0769. The lowest BCUT2D eigenvalue weighted by Gasteiger charge is -2.26. The van der Waals surface area contributed by atoms with E-state index in [9.17, 15) is 15.0 Å². The monoisotopic (exact) mass is 266 g/mol. The number of hydrogen-bond donors (Lipinski definition) is 2. The summed E-state index contributed by atoms with van der Waals surface area (Å²) in [5, 5.41) is 18.5. The molecule has 1 atom stereocenters. The number of hydrogen-bond acceptors (Lipinski definition) is 4. The molecule has 0 aliphatic heterocycles. The molecule has 1 aromatic carbocycles. The highest BCUT2D eigenvalue weighted by Gasteiger charge is 2.23. The van der Waals surface area contributed by atoms with Crippen molar-refractivity contribution in [3.05, 3.63) is 23.8 Å². The van der Waals surface area contributed by atoms with Crippen LogP contribution in [-0.2, 0) is 16.0 Å². The highest BCUT2D eigenvalue weighted by Crippen LogP contribution is 2.26. The minimum Gasteiger partial charge on any atom is -0.504 e. The van der Waals surface area contributed by atoms with E-state index in [0.29, 0.717) is 6.42 Å². The van der Waals surface area contributed by atoms with Crippen LogP contribution in [0.1, 0.15) is 39.7 Å². The van der Waals surface area contributed by atoms with Crippen molar-refractivity contribution in [2.24, 2.45) is 5.41 Å². The number of aryl methyl sites for hydroxylation is 1. The molecule has 0 amide bonds. The van der Waals surface area contributed by atoms with Crippen LogP contribution in [0.4, 0.5) is 0 Å². The molecule has 2 N–H and O–H groups in total. The Labute approximate surface area is 114 Å². The lowest BCUT2D eigenvalue weighted by Crippen LogP contribution is -2.28. The highest BCUT2D eigenvalue weighted by atomic mass is 16.5. The lowest BCUT2D eigenvalue weighted by atomic mass is 9.90. The molecule has 4 nitrogen and oxygen atoms in total. The fraction of sp³-hybridized carbons (Fsp3) is 0.533. The van der Waals surface area contributed by atoms with E-state index in [0.717, 1.165) is 5.56 Å². The molecule has 0 saturated carbocycles. The van der Waals surface area contributed by atoms with Crippen molar-refractivity contribution in [3.8, 4) is 11.5 Å². The summed E-state index contributed by atoms with van der Waals surface area (Å²) in [5.74, 6) is -0.586. The third-order valence-corrected chi connectivity index (χ3v) is 3.19. The normalized spacial score (nSPS) is 13.1. The van der Waals surface area contributed by atoms with Crippen molar-refractivity contribution in [2.75, 3.05) is 0 Å². The van der Waals surface area contributed by atoms with Gasteiger partial charge in [0.15, 0.2) is 11.5 Å². The molecule has 0 saturated heterocycles. The molecule has 0 aliphatic carbocycles. The Morgan fingerprint density at radius 1 is 1.26 bits per heavy atom. The van der Waals surface area contributed by atoms with Gasteiger partial charge in [-0.25, -0.2) is 0 Å². The van der Waals surface area contributed by atoms with Crippen LogP contribution < -0.4 is 0 Å². The summed E-state index contributed by atoms with van der Waals surface area (Å²) >= 11 is 0. The summed E-state index contributed by atoms with van der Waals surface area (Å²) in [7, 11) is 0. The van der Waals surface area contributed by atoms with Crippen molar-refractivity contribution in [3.63, 3.8) is 0 Å². The third kappa shape index (κ3) is 4.81. The average molecular weight is 266 g/mol. The van der Waals surface area contributed by atoms with E-state index < -0.39 is 0 Å². The van der Waals surface area contributed by atoms with Crippen LogP contribution in [-0.4, -0.2) is 22.3 Å². The number of benzene rings is 1. The Morgan fingerprint density at radius 2 is 1.89 bits per heavy atom. The summed E-state index contributed by atoms with van der Waals surface area (Å²) in [4.78, 5) is 11.7. The maximum absolute atomic E-state index is 11.7. The Morgan fingerprint density at radius 3 is 2.42 bits per heavy atom. The molecule has 0 aromatic heterocycles. The smallest absolute Gasteiger partial charge is 0.306 e. The average Bonchev–Trinajstić information content (AvgIpc) is 2.29. The van der Waals surface area contributed by atoms with E-state index in [1.165, 1.54) is 12.1 Å². The van der Waals surface area contributed by atoms with Crippen LogP contribution in [0.15, 0.2) is 18.2 Å². The lowest BCUT2D eigenvalue weighted by molar-refractivity contribution is -0.153. The molecular weight excluding hydrogens is 244 g/mol. The van der Waals surface area contributed by atoms with Gasteiger partial charge in [-0.1, -0.05) is 26.8 Å². The second-order valence-electron chi connectivity index (χ2n) is 5.82. The summed E-state index contributed by atoms with van der Waals surface area (Å²) in [6, 6.07) is 4.54. The van der Waals surface area contributed by atoms with Gasteiger partial charge < -0.3 is 14.9 Å². The summed E-state index contributed by atoms with van der Waals surface area (Å²) in [5.41, 5.74) is 0.711. The van der Waals surface area contributed by atoms with Crippen molar-refractivity contribution < 1.29 is 19.7 Å². The van der Waals surface area contributed by atoms with Gasteiger partial charge in [-0.3, -0.25) is 4.79 Å². The molecule has 0 spiro atoms. The first-order chi connectivity index (χ1) is 8.70. The van der Waals surface area contributed by atoms with Gasteiger partial charge in [-0.05, 0) is 36.5 Å². The fourth-order valence-electron chi connectivity index (χ4n) is 1.40. The number of rotatable bonds is 4. The number of phenolic OH excluding ortho intramolecular Hbond substituents is 2. The van der Waals surface area contributed by atoms with Crippen LogP contribution in [0, 0.1) is 5.41 Å². The van der Waals surface area contributed by atoms with E-state index in [4.69, 9.17) is 4.74 Å². The van der Waals surface area contributed by atoms with Gasteiger partial charge in [-0.15, -0.1) is 0 Å². The summed E-state index contributed by atoms with van der Waals surface area (Å²) in [6.45, 7) is 7.93. The van der Waals surface area contributed by atoms with Crippen molar-refractivity contribution >= 4 is 5.97 Å². The third-order valence-electron chi connectivity index (χ3n) is 3.19. The van der Waals surface area contributed by atoms with E-state index in [1.54, 1.807) is 6.07 Å². The second kappa shape index (κ2) is 5.95. The van der Waals surface area contributed by atoms with E-state index in [-0.39, 0.29) is 35.4 Å². The number of esters is 1. The van der Waals surface area contributed by atoms with Gasteiger partial charge in [0, 0.05) is 6.42 Å². The number of carbonyl (C=O) groups excluding carboxylic acids is 1. The van der Waals surface area contributed by atoms with Gasteiger partial charge in [-0.2, -0.15) is 0 Å². The van der Waals surface area contributed by atoms with E-state index >= 15 is 0 Å². The molecule has 0 bridgehead atoms. The number of phenols is 2. The molecule has 106 valence electrons. The molecule has 0 unspecified atom stereocenters. The van der Waals surface area contributed by atoms with Crippen molar-refractivity contribution in [2.45, 2.75) is 46.6 Å². The maximum Gasteiger partial charge on any atom is 0.306 e. The summed E-state index contributed by atoms with van der Waals surface area (Å²) in [6.07, 6.45) is 0.585. The molecule has 1 aromatic rings. The van der Waals surface area contributed by atoms with Crippen LogP contribution in [0.25, 0.3) is 0 Å². The van der Waals surface area contributed by atoms with Gasteiger partial charge in [0.05, 0.1) is 0 Å². The fourth-order valence-corrected chi connectivity index (χ4v) is 1.40. The SMILES string of the molecule is C[C@@H](OC(=O)CCc1ccc(O)c(O)c1)C(C)(C)C. The van der Waals surface area contributed by atoms with Crippen molar-refractivity contribution in [1.29, 1.82) is 0 Å². The molecule has 0 heterocycles. The zero-order chi connectivity index (χ0) is 14.6. The largest absolute Gasteiger partial charge is 0.504 e. The van der Waals surface area contributed by atoms with Crippen LogP contribution in [0.3, 0.4) is 0 Å². The van der Waals surface area contributed by atoms with Crippen LogP contribution in [0.5, 0.6) is 11.5 Å². The Balaban J connectivity index is 2.48. The van der Waals surface area contributed by atoms with Crippen LogP contribution >= 0.6 is 0 Å². The molecule has 0 fully saturated rings. The topological polar surface area (TPSA) is 66.8 Å². The zero-order valence-electron chi connectivity index (χ0n) is 11.9. The second-order valence-corrected chi connectivity index (χ2v) is 5.82. The number of ether oxygens (including phenoxy) is 1. The first-order valence-corrected chi connectivity index (χ1v) is 6.40. The van der Waals surface area contributed by atoms with Gasteiger partial charge in [0.25, 0.3) is 0 Å². The molecule has 1 rings (SSSR count). The Hall–Kier alpha value is -1.71. The number of carbonyl (C=O) groups is 1. The molecule has 0 radical (unpaired) electrons. The Kier molecular flexibility index (Phi) is 4.81. The predicted octanol–water partition coefficient (Wildman–Crippen LogP) is 3.01. The number of aromatic hydroxyl groups is 2. The molecule has 19 heavy (non-hydrogen) atoms. The maximum atomic E-state index is 11.7. The first-order valence-electron chi connectivity index (χ1n) is 6.40. The van der Waals surface area contributed by atoms with Gasteiger partial charge >= 0.3 is 5.97 Å². The highest BCUT2D eigenvalue weighted by molar-refractivity contribution is 5.70. The van der Waals surface area contributed by atoms with E-state index in [2.05, 4.69) is 0 Å². The predicted molar refractivity (Wildman–Crippen MR) is 73.1 cm³/mol. The van der Waals surface area contributed by atoms with Gasteiger partial charge in [0.1, 0.15) is 6.10 Å². The first kappa shape index (κ1) is 15.3. The van der Waals surface area contributed by atoms with Crippen molar-refractivity contribution in [1.82, 2.24) is 0 Å². The molecule has 4 heteroatoms.